The summed E-state index contributed by atoms with van der Waals surface area (Å²) in [7, 11) is 0. The summed E-state index contributed by atoms with van der Waals surface area (Å²) in [5, 5.41) is 0. The lowest BCUT2D eigenvalue weighted by Crippen LogP contribution is -2.51. The molecular formula is C37H64O2. The van der Waals surface area contributed by atoms with Crippen molar-refractivity contribution in [3.63, 3.8) is 0 Å². The van der Waals surface area contributed by atoms with Crippen LogP contribution in [-0.4, -0.2) is 19.0 Å². The molecule has 0 aromatic carbocycles. The van der Waals surface area contributed by atoms with E-state index >= 15 is 0 Å². The van der Waals surface area contributed by atoms with Gasteiger partial charge < -0.3 is 9.53 Å². The molecule has 224 valence electrons. The molecule has 2 heteroatoms. The van der Waals surface area contributed by atoms with Crippen molar-refractivity contribution >= 4 is 6.29 Å². The van der Waals surface area contributed by atoms with Gasteiger partial charge >= 0.3 is 0 Å². The second-order valence-corrected chi connectivity index (χ2v) is 15.5. The molecule has 0 aromatic rings. The predicted molar refractivity (Wildman–Crippen MR) is 166 cm³/mol. The molecule has 0 radical (unpaired) electrons. The molecule has 8 atom stereocenters. The molecule has 0 heterocycles. The summed E-state index contributed by atoms with van der Waals surface area (Å²) in [6, 6.07) is 0. The molecule has 4 aliphatic rings. The minimum Gasteiger partial charge on any atom is -0.378 e. The first-order valence-corrected chi connectivity index (χ1v) is 17.5. The molecule has 3 saturated carbocycles. The van der Waals surface area contributed by atoms with Crippen molar-refractivity contribution in [1.29, 1.82) is 0 Å². The lowest BCUT2D eigenvalue weighted by Gasteiger charge is -2.58. The monoisotopic (exact) mass is 540 g/mol. The Morgan fingerprint density at radius 1 is 0.872 bits per heavy atom. The second kappa shape index (κ2) is 14.5. The van der Waals surface area contributed by atoms with E-state index in [0.717, 1.165) is 61.2 Å². The summed E-state index contributed by atoms with van der Waals surface area (Å²) < 4.78 is 6.47. The Morgan fingerprint density at radius 2 is 1.62 bits per heavy atom. The number of allylic oxidation sites excluding steroid dienone is 1. The molecule has 0 saturated heterocycles. The van der Waals surface area contributed by atoms with Crippen molar-refractivity contribution in [3.05, 3.63) is 11.6 Å². The number of hydrogen-bond donors (Lipinski definition) is 0. The van der Waals surface area contributed by atoms with Crippen LogP contribution in [0.2, 0.25) is 0 Å². The van der Waals surface area contributed by atoms with E-state index in [2.05, 4.69) is 40.7 Å². The largest absolute Gasteiger partial charge is 0.378 e. The van der Waals surface area contributed by atoms with Crippen molar-refractivity contribution in [3.8, 4) is 0 Å². The quantitative estimate of drug-likeness (QED) is 0.110. The highest BCUT2D eigenvalue weighted by molar-refractivity contribution is 5.48. The third-order valence-corrected chi connectivity index (χ3v) is 12.6. The lowest BCUT2D eigenvalue weighted by atomic mass is 9.47. The average Bonchev–Trinajstić information content (AvgIpc) is 3.27. The summed E-state index contributed by atoms with van der Waals surface area (Å²) in [5.41, 5.74) is 2.81. The third-order valence-electron chi connectivity index (χ3n) is 12.6. The van der Waals surface area contributed by atoms with E-state index in [9.17, 15) is 4.79 Å². The molecule has 0 N–H and O–H groups in total. The van der Waals surface area contributed by atoms with E-state index in [1.165, 1.54) is 109 Å². The van der Waals surface area contributed by atoms with Crippen LogP contribution in [0.25, 0.3) is 0 Å². The van der Waals surface area contributed by atoms with Crippen LogP contribution in [0.3, 0.4) is 0 Å². The number of carbonyl (C=O) groups excluding carboxylic acids is 1. The van der Waals surface area contributed by atoms with Crippen LogP contribution in [0.15, 0.2) is 11.6 Å². The van der Waals surface area contributed by atoms with Crippen molar-refractivity contribution in [2.75, 3.05) is 6.61 Å². The second-order valence-electron chi connectivity index (χ2n) is 15.5. The van der Waals surface area contributed by atoms with E-state index < -0.39 is 0 Å². The SMILES string of the molecule is CC(C)CCC[C@@H](C)[C@H]1CCC2C3CC=C4CC(OCCCCCCCCCC=O)CC[C@]4(C)C3CC[C@@]21C. The maximum atomic E-state index is 10.4. The van der Waals surface area contributed by atoms with Crippen molar-refractivity contribution < 1.29 is 9.53 Å². The van der Waals surface area contributed by atoms with E-state index in [1.54, 1.807) is 5.57 Å². The van der Waals surface area contributed by atoms with Crippen LogP contribution in [0.1, 0.15) is 157 Å². The zero-order valence-electron chi connectivity index (χ0n) is 26.7. The zero-order chi connectivity index (χ0) is 27.9. The number of hydrogen-bond acceptors (Lipinski definition) is 2. The standard InChI is InChI=1S/C37H64O2/c1-28(2)15-14-16-29(3)33-19-20-34-32-18-17-30-27-31(39-26-13-11-9-7-6-8-10-12-25-38)21-23-36(30,4)35(32)22-24-37(33,34)5/h17,25,28-29,31-35H,6-16,18-24,26-27H2,1-5H3/t29-,31?,32?,33-,34?,35?,36+,37-/m1/s1. The van der Waals surface area contributed by atoms with E-state index in [1.807, 2.05) is 0 Å². The molecule has 0 amide bonds. The van der Waals surface area contributed by atoms with Gasteiger partial charge in [0.05, 0.1) is 6.10 Å². The third kappa shape index (κ3) is 7.42. The van der Waals surface area contributed by atoms with Crippen LogP contribution in [0.4, 0.5) is 0 Å². The van der Waals surface area contributed by atoms with Crippen LogP contribution < -0.4 is 0 Å². The van der Waals surface area contributed by atoms with Crippen molar-refractivity contribution in [1.82, 2.24) is 0 Å². The fraction of sp³-hybridized carbons (Fsp3) is 0.919. The summed E-state index contributed by atoms with van der Waals surface area (Å²) in [5.74, 6) is 5.52. The van der Waals surface area contributed by atoms with Gasteiger partial charge in [-0.2, -0.15) is 0 Å². The van der Waals surface area contributed by atoms with E-state index in [4.69, 9.17) is 4.74 Å². The minimum atomic E-state index is 0.439. The Morgan fingerprint density at radius 3 is 2.36 bits per heavy atom. The Balaban J connectivity index is 1.23. The maximum Gasteiger partial charge on any atom is 0.119 e. The molecular weight excluding hydrogens is 476 g/mol. The van der Waals surface area contributed by atoms with Gasteiger partial charge in [-0.05, 0) is 111 Å². The van der Waals surface area contributed by atoms with Gasteiger partial charge in [-0.3, -0.25) is 0 Å². The van der Waals surface area contributed by atoms with Gasteiger partial charge in [0, 0.05) is 13.0 Å². The first kappa shape index (κ1) is 31.3. The van der Waals surface area contributed by atoms with E-state index in [0.29, 0.717) is 16.9 Å². The number of aldehydes is 1. The fourth-order valence-electron chi connectivity index (χ4n) is 10.3. The topological polar surface area (TPSA) is 26.3 Å². The van der Waals surface area contributed by atoms with Gasteiger partial charge in [-0.15, -0.1) is 0 Å². The highest BCUT2D eigenvalue weighted by atomic mass is 16.5. The highest BCUT2D eigenvalue weighted by Crippen LogP contribution is 2.67. The number of ether oxygens (including phenoxy) is 1. The molecule has 3 fully saturated rings. The molecule has 0 aromatic heterocycles. The van der Waals surface area contributed by atoms with Gasteiger partial charge in [0.15, 0.2) is 0 Å². The van der Waals surface area contributed by atoms with Gasteiger partial charge in [0.25, 0.3) is 0 Å². The van der Waals surface area contributed by atoms with E-state index in [-0.39, 0.29) is 0 Å². The molecule has 2 nitrogen and oxygen atoms in total. The summed E-state index contributed by atoms with van der Waals surface area (Å²) in [4.78, 5) is 10.4. The molecule has 0 aliphatic heterocycles. The molecule has 39 heavy (non-hydrogen) atoms. The predicted octanol–water partition coefficient (Wildman–Crippen LogP) is 10.7. The Kier molecular flexibility index (Phi) is 11.6. The van der Waals surface area contributed by atoms with Crippen LogP contribution in [0.5, 0.6) is 0 Å². The average molecular weight is 541 g/mol. The molecule has 0 bridgehead atoms. The van der Waals surface area contributed by atoms with Gasteiger partial charge in [0.1, 0.15) is 6.29 Å². The lowest BCUT2D eigenvalue weighted by molar-refractivity contribution is -0.107. The number of fused-ring (bicyclic) bond motifs is 5. The van der Waals surface area contributed by atoms with Crippen molar-refractivity contribution in [2.24, 2.45) is 46.3 Å². The smallest absolute Gasteiger partial charge is 0.119 e. The summed E-state index contributed by atoms with van der Waals surface area (Å²) >= 11 is 0. The van der Waals surface area contributed by atoms with Gasteiger partial charge in [0.2, 0.25) is 0 Å². The first-order valence-electron chi connectivity index (χ1n) is 17.5. The summed E-state index contributed by atoms with van der Waals surface area (Å²) in [6.45, 7) is 13.7. The summed E-state index contributed by atoms with van der Waals surface area (Å²) in [6.07, 6.45) is 29.1. The van der Waals surface area contributed by atoms with Crippen LogP contribution >= 0.6 is 0 Å². The molecule has 4 aliphatic carbocycles. The van der Waals surface area contributed by atoms with Crippen molar-refractivity contribution in [2.45, 2.75) is 163 Å². The normalized spacial score (nSPS) is 36.7. The highest BCUT2D eigenvalue weighted by Gasteiger charge is 2.59. The molecule has 0 spiro atoms. The molecule has 4 rings (SSSR count). The van der Waals surface area contributed by atoms with Crippen LogP contribution in [0, 0.1) is 46.3 Å². The fourth-order valence-corrected chi connectivity index (χ4v) is 10.3. The Bertz CT molecular complexity index is 784. The first-order chi connectivity index (χ1) is 18.8. The number of carbonyl (C=O) groups is 1. The minimum absolute atomic E-state index is 0.439. The number of unbranched alkanes of at least 4 members (excludes halogenated alkanes) is 7. The van der Waals surface area contributed by atoms with Crippen LogP contribution in [-0.2, 0) is 9.53 Å². The zero-order valence-corrected chi connectivity index (χ0v) is 26.7. The Hall–Kier alpha value is -0.630. The van der Waals surface area contributed by atoms with Gasteiger partial charge in [-0.1, -0.05) is 97.6 Å². The number of rotatable bonds is 16. The maximum absolute atomic E-state index is 10.4. The van der Waals surface area contributed by atoms with Gasteiger partial charge in [-0.25, -0.2) is 0 Å². The molecule has 4 unspecified atom stereocenters. The Labute approximate surface area is 242 Å².